The Labute approximate surface area is 86.6 Å². The van der Waals surface area contributed by atoms with Gasteiger partial charge in [-0.05, 0) is 19.2 Å². The highest BCUT2D eigenvalue weighted by molar-refractivity contribution is 5.50. The molecule has 0 saturated heterocycles. The molecule has 1 aliphatic heterocycles. The minimum absolute atomic E-state index is 0.00442. The average molecular weight is 213 g/mol. The summed E-state index contributed by atoms with van der Waals surface area (Å²) in [5.41, 5.74) is 0.540. The number of hydrogen-bond acceptors (Lipinski definition) is 4. The van der Waals surface area contributed by atoms with Crippen LogP contribution in [0.25, 0.3) is 0 Å². The smallest absolute Gasteiger partial charge is 0.231 e. The first-order chi connectivity index (χ1) is 7.24. The van der Waals surface area contributed by atoms with Gasteiger partial charge in [0.05, 0.1) is 6.10 Å². The predicted molar refractivity (Wildman–Crippen MR) is 51.4 cm³/mol. The van der Waals surface area contributed by atoms with E-state index < -0.39 is 11.9 Å². The first-order valence-electron chi connectivity index (χ1n) is 4.64. The number of rotatable bonds is 3. The van der Waals surface area contributed by atoms with Crippen molar-refractivity contribution in [3.8, 4) is 11.5 Å². The Morgan fingerprint density at radius 1 is 1.47 bits per heavy atom. The van der Waals surface area contributed by atoms with E-state index in [0.29, 0.717) is 17.9 Å². The van der Waals surface area contributed by atoms with Gasteiger partial charge in [-0.25, -0.2) is 4.39 Å². The number of fused-ring (bicyclic) bond motifs is 1. The van der Waals surface area contributed by atoms with E-state index in [1.54, 1.807) is 7.05 Å². The van der Waals surface area contributed by atoms with Crippen molar-refractivity contribution in [1.29, 1.82) is 0 Å². The van der Waals surface area contributed by atoms with Crippen molar-refractivity contribution in [2.45, 2.75) is 6.10 Å². The lowest BCUT2D eigenvalue weighted by molar-refractivity contribution is 0.156. The average Bonchev–Trinajstić information content (AvgIpc) is 2.68. The second kappa shape index (κ2) is 4.04. The highest BCUT2D eigenvalue weighted by atomic mass is 19.1. The number of nitrogens with one attached hydrogen (secondary N) is 1. The molecule has 1 aromatic rings. The molecule has 15 heavy (non-hydrogen) atoms. The van der Waals surface area contributed by atoms with Gasteiger partial charge in [0.25, 0.3) is 0 Å². The standard InChI is InChI=1S/C10H12FNO3/c1-12-4-8(13)6-2-3-7(11)10-9(6)14-5-15-10/h2-3,8,12-13H,4-5H2,1H3. The molecule has 0 bridgehead atoms. The van der Waals surface area contributed by atoms with Crippen LogP contribution in [-0.4, -0.2) is 25.5 Å². The molecule has 5 heteroatoms. The lowest BCUT2D eigenvalue weighted by atomic mass is 10.1. The number of benzene rings is 1. The molecule has 2 rings (SSSR count). The number of likely N-dealkylation sites (N-methyl/N-ethyl adjacent to an activating group) is 1. The Morgan fingerprint density at radius 2 is 2.20 bits per heavy atom. The van der Waals surface area contributed by atoms with Gasteiger partial charge < -0.3 is 19.9 Å². The summed E-state index contributed by atoms with van der Waals surface area (Å²) < 4.78 is 23.3. The van der Waals surface area contributed by atoms with Gasteiger partial charge in [-0.15, -0.1) is 0 Å². The molecule has 0 aromatic heterocycles. The number of aliphatic hydroxyl groups excluding tert-OH is 1. The fourth-order valence-corrected chi connectivity index (χ4v) is 1.55. The maximum Gasteiger partial charge on any atom is 0.231 e. The zero-order valence-electron chi connectivity index (χ0n) is 8.29. The summed E-state index contributed by atoms with van der Waals surface area (Å²) in [6.45, 7) is 0.372. The van der Waals surface area contributed by atoms with E-state index in [0.717, 1.165) is 0 Å². The minimum Gasteiger partial charge on any atom is -0.453 e. The molecule has 1 aromatic carbocycles. The maximum atomic E-state index is 13.2. The number of hydrogen-bond donors (Lipinski definition) is 2. The zero-order valence-corrected chi connectivity index (χ0v) is 8.29. The molecule has 2 N–H and O–H groups in total. The molecular weight excluding hydrogens is 201 g/mol. The van der Waals surface area contributed by atoms with Gasteiger partial charge in [0.1, 0.15) is 0 Å². The Bertz CT molecular complexity index is 370. The molecule has 0 saturated carbocycles. The van der Waals surface area contributed by atoms with Crippen LogP contribution in [0.5, 0.6) is 11.5 Å². The van der Waals surface area contributed by atoms with E-state index in [-0.39, 0.29) is 12.5 Å². The zero-order chi connectivity index (χ0) is 10.8. The van der Waals surface area contributed by atoms with E-state index >= 15 is 0 Å². The third-order valence-corrected chi connectivity index (χ3v) is 2.26. The Morgan fingerprint density at radius 3 is 2.93 bits per heavy atom. The summed E-state index contributed by atoms with van der Waals surface area (Å²) in [6, 6.07) is 2.77. The molecule has 0 aliphatic carbocycles. The lowest BCUT2D eigenvalue weighted by Gasteiger charge is -2.12. The lowest BCUT2D eigenvalue weighted by Crippen LogP contribution is -2.17. The second-order valence-corrected chi connectivity index (χ2v) is 3.27. The monoisotopic (exact) mass is 213 g/mol. The predicted octanol–water partition coefficient (Wildman–Crippen LogP) is 0.807. The van der Waals surface area contributed by atoms with E-state index in [9.17, 15) is 9.50 Å². The van der Waals surface area contributed by atoms with Crippen LogP contribution < -0.4 is 14.8 Å². The van der Waals surface area contributed by atoms with Crippen LogP contribution in [0.15, 0.2) is 12.1 Å². The van der Waals surface area contributed by atoms with E-state index in [4.69, 9.17) is 9.47 Å². The van der Waals surface area contributed by atoms with Crippen molar-refractivity contribution in [2.75, 3.05) is 20.4 Å². The molecule has 0 radical (unpaired) electrons. The minimum atomic E-state index is -0.731. The molecule has 0 fully saturated rings. The SMILES string of the molecule is CNCC(O)c1ccc(F)c2c1OCO2. The van der Waals surface area contributed by atoms with Crippen molar-refractivity contribution in [1.82, 2.24) is 5.32 Å². The Hall–Kier alpha value is -1.33. The first-order valence-corrected chi connectivity index (χ1v) is 4.64. The number of aliphatic hydroxyl groups is 1. The largest absolute Gasteiger partial charge is 0.453 e. The van der Waals surface area contributed by atoms with Crippen LogP contribution in [0.1, 0.15) is 11.7 Å². The summed E-state index contributed by atoms with van der Waals surface area (Å²) in [5, 5.41) is 12.6. The highest BCUT2D eigenvalue weighted by Gasteiger charge is 2.25. The summed E-state index contributed by atoms with van der Waals surface area (Å²) in [6.07, 6.45) is -0.731. The third-order valence-electron chi connectivity index (χ3n) is 2.26. The fraction of sp³-hybridized carbons (Fsp3) is 0.400. The van der Waals surface area contributed by atoms with Crippen LogP contribution >= 0.6 is 0 Å². The molecule has 1 unspecified atom stereocenters. The van der Waals surface area contributed by atoms with Crippen LogP contribution in [0.2, 0.25) is 0 Å². The summed E-state index contributed by atoms with van der Waals surface area (Å²) in [7, 11) is 1.73. The first kappa shape index (κ1) is 10.2. The Balaban J connectivity index is 2.37. The molecule has 1 aliphatic rings. The van der Waals surface area contributed by atoms with Gasteiger partial charge in [-0.2, -0.15) is 0 Å². The molecule has 0 spiro atoms. The van der Waals surface area contributed by atoms with Gasteiger partial charge >= 0.3 is 0 Å². The molecule has 1 heterocycles. The van der Waals surface area contributed by atoms with Crippen molar-refractivity contribution < 1.29 is 19.0 Å². The summed E-state index contributed by atoms with van der Waals surface area (Å²) in [4.78, 5) is 0. The van der Waals surface area contributed by atoms with Gasteiger partial charge in [0.15, 0.2) is 11.6 Å². The molecule has 1 atom stereocenters. The van der Waals surface area contributed by atoms with Crippen molar-refractivity contribution in [2.24, 2.45) is 0 Å². The van der Waals surface area contributed by atoms with Crippen LogP contribution in [0.3, 0.4) is 0 Å². The quantitative estimate of drug-likeness (QED) is 0.780. The molecule has 0 amide bonds. The Kier molecular flexibility index (Phi) is 2.75. The van der Waals surface area contributed by atoms with Gasteiger partial charge in [0.2, 0.25) is 12.5 Å². The second-order valence-electron chi connectivity index (χ2n) is 3.27. The van der Waals surface area contributed by atoms with Gasteiger partial charge in [-0.1, -0.05) is 0 Å². The van der Waals surface area contributed by atoms with Gasteiger partial charge in [0, 0.05) is 12.1 Å². The molecule has 4 nitrogen and oxygen atoms in total. The number of ether oxygens (including phenoxy) is 2. The van der Waals surface area contributed by atoms with E-state index in [1.165, 1.54) is 12.1 Å². The highest BCUT2D eigenvalue weighted by Crippen LogP contribution is 2.40. The van der Waals surface area contributed by atoms with Crippen molar-refractivity contribution >= 4 is 0 Å². The van der Waals surface area contributed by atoms with E-state index in [2.05, 4.69) is 5.32 Å². The summed E-state index contributed by atoms with van der Waals surface area (Å²) in [5.74, 6) is -0.0803. The third kappa shape index (κ3) is 1.75. The fourth-order valence-electron chi connectivity index (χ4n) is 1.55. The van der Waals surface area contributed by atoms with E-state index in [1.807, 2.05) is 0 Å². The van der Waals surface area contributed by atoms with Crippen molar-refractivity contribution in [3.63, 3.8) is 0 Å². The van der Waals surface area contributed by atoms with Crippen molar-refractivity contribution in [3.05, 3.63) is 23.5 Å². The molecule has 82 valence electrons. The van der Waals surface area contributed by atoms with Crippen LogP contribution in [-0.2, 0) is 0 Å². The van der Waals surface area contributed by atoms with Gasteiger partial charge in [-0.3, -0.25) is 0 Å². The number of halogens is 1. The topological polar surface area (TPSA) is 50.7 Å². The van der Waals surface area contributed by atoms with Crippen LogP contribution in [0.4, 0.5) is 4.39 Å². The molecular formula is C10H12FNO3. The maximum absolute atomic E-state index is 13.2. The normalized spacial score (nSPS) is 15.4. The summed E-state index contributed by atoms with van der Waals surface area (Å²) >= 11 is 0. The van der Waals surface area contributed by atoms with Crippen LogP contribution in [0, 0.1) is 5.82 Å².